The van der Waals surface area contributed by atoms with E-state index in [2.05, 4.69) is 47.6 Å². The topological polar surface area (TPSA) is 24.5 Å². The highest BCUT2D eigenvalue weighted by atomic mass is 16.5. The second-order valence-corrected chi connectivity index (χ2v) is 6.76. The lowest BCUT2D eigenvalue weighted by molar-refractivity contribution is 0.306. The van der Waals surface area contributed by atoms with Crippen LogP contribution in [0.5, 0.6) is 5.75 Å². The van der Waals surface area contributed by atoms with Crippen LogP contribution >= 0.6 is 0 Å². The van der Waals surface area contributed by atoms with E-state index in [4.69, 9.17) is 4.74 Å². The van der Waals surface area contributed by atoms with Crippen LogP contribution in [0.25, 0.3) is 0 Å². The molecule has 1 saturated heterocycles. The number of anilines is 1. The Balaban J connectivity index is 1.48. The van der Waals surface area contributed by atoms with Crippen molar-refractivity contribution in [2.75, 3.05) is 25.5 Å². The Morgan fingerprint density at radius 2 is 1.91 bits per heavy atom. The largest absolute Gasteiger partial charge is 0.489 e. The molecule has 0 aromatic heterocycles. The molecule has 120 valence electrons. The van der Waals surface area contributed by atoms with E-state index in [1.807, 2.05) is 18.2 Å². The summed E-state index contributed by atoms with van der Waals surface area (Å²) in [6, 6.07) is 17.5. The molecular weight excluding hydrogens is 284 g/mol. The zero-order valence-corrected chi connectivity index (χ0v) is 13.7. The second-order valence-electron chi connectivity index (χ2n) is 6.76. The first-order valence-electron chi connectivity index (χ1n) is 8.55. The molecule has 0 bridgehead atoms. The van der Waals surface area contributed by atoms with E-state index in [9.17, 15) is 0 Å². The molecule has 23 heavy (non-hydrogen) atoms. The molecule has 2 aromatic rings. The molecule has 3 heteroatoms. The number of nitrogens with one attached hydrogen (secondary N) is 1. The Morgan fingerprint density at radius 1 is 1.09 bits per heavy atom. The summed E-state index contributed by atoms with van der Waals surface area (Å²) in [6.07, 6.45) is 2.46. The van der Waals surface area contributed by atoms with Crippen molar-refractivity contribution in [2.45, 2.75) is 31.4 Å². The third-order valence-electron chi connectivity index (χ3n) is 5.14. The predicted octanol–water partition coefficient (Wildman–Crippen LogP) is 3.87. The van der Waals surface area contributed by atoms with Gasteiger partial charge in [-0.25, -0.2) is 0 Å². The van der Waals surface area contributed by atoms with Gasteiger partial charge in [0.15, 0.2) is 0 Å². The summed E-state index contributed by atoms with van der Waals surface area (Å²) >= 11 is 0. The van der Waals surface area contributed by atoms with E-state index in [0.29, 0.717) is 18.6 Å². The van der Waals surface area contributed by atoms with Crippen molar-refractivity contribution in [1.29, 1.82) is 0 Å². The molecule has 2 atom stereocenters. The Hall–Kier alpha value is -2.00. The molecule has 4 rings (SSSR count). The van der Waals surface area contributed by atoms with E-state index < -0.39 is 0 Å². The molecule has 0 amide bonds. The van der Waals surface area contributed by atoms with Gasteiger partial charge in [-0.3, -0.25) is 0 Å². The zero-order chi connectivity index (χ0) is 15.6. The highest BCUT2D eigenvalue weighted by Gasteiger charge is 2.33. The van der Waals surface area contributed by atoms with Crippen LogP contribution in [0, 0.1) is 0 Å². The van der Waals surface area contributed by atoms with E-state index >= 15 is 0 Å². The van der Waals surface area contributed by atoms with Gasteiger partial charge >= 0.3 is 0 Å². The molecule has 2 aliphatic heterocycles. The van der Waals surface area contributed by atoms with Gasteiger partial charge in [-0.2, -0.15) is 0 Å². The Kier molecular flexibility index (Phi) is 3.96. The van der Waals surface area contributed by atoms with Gasteiger partial charge in [0.1, 0.15) is 12.4 Å². The van der Waals surface area contributed by atoms with Crippen LogP contribution in [0.15, 0.2) is 48.5 Å². The summed E-state index contributed by atoms with van der Waals surface area (Å²) in [7, 11) is 2.22. The summed E-state index contributed by atoms with van der Waals surface area (Å²) < 4.78 is 5.96. The molecule has 0 spiro atoms. The molecule has 1 fully saturated rings. The normalized spacial score (nSPS) is 23.5. The molecule has 0 saturated carbocycles. The number of hydrogen-bond donors (Lipinski definition) is 1. The number of nitrogens with zero attached hydrogens (tertiary/aromatic N) is 1. The van der Waals surface area contributed by atoms with Crippen molar-refractivity contribution in [1.82, 2.24) is 4.90 Å². The number of benzene rings is 2. The maximum absolute atomic E-state index is 5.96. The lowest BCUT2D eigenvalue weighted by Gasteiger charge is -2.15. The maximum atomic E-state index is 5.96. The van der Waals surface area contributed by atoms with Gasteiger partial charge in [-0.1, -0.05) is 36.4 Å². The molecular formula is C20H24N2O. The van der Waals surface area contributed by atoms with Crippen molar-refractivity contribution in [3.05, 3.63) is 59.7 Å². The Morgan fingerprint density at radius 3 is 2.78 bits per heavy atom. The fourth-order valence-corrected chi connectivity index (χ4v) is 3.79. The molecule has 3 nitrogen and oxygen atoms in total. The van der Waals surface area contributed by atoms with Crippen molar-refractivity contribution < 1.29 is 4.74 Å². The van der Waals surface area contributed by atoms with E-state index in [1.165, 1.54) is 42.7 Å². The van der Waals surface area contributed by atoms with Crippen molar-refractivity contribution in [3.8, 4) is 5.75 Å². The monoisotopic (exact) mass is 308 g/mol. The molecule has 1 N–H and O–H groups in total. The minimum Gasteiger partial charge on any atom is -0.489 e. The summed E-state index contributed by atoms with van der Waals surface area (Å²) in [4.78, 5) is 2.44. The Labute approximate surface area is 138 Å². The van der Waals surface area contributed by atoms with Gasteiger partial charge in [0.2, 0.25) is 0 Å². The SMILES string of the molecule is CN1CCC2Nc3cc(OCc4ccccc4)ccc3C2CC1. The van der Waals surface area contributed by atoms with Crippen LogP contribution in [0.2, 0.25) is 0 Å². The van der Waals surface area contributed by atoms with Crippen molar-refractivity contribution >= 4 is 5.69 Å². The number of fused-ring (bicyclic) bond motifs is 3. The van der Waals surface area contributed by atoms with Gasteiger partial charge in [-0.15, -0.1) is 0 Å². The van der Waals surface area contributed by atoms with Crippen LogP contribution in [0.1, 0.15) is 29.9 Å². The minimum atomic E-state index is 0.583. The van der Waals surface area contributed by atoms with Crippen molar-refractivity contribution in [3.63, 3.8) is 0 Å². The number of ether oxygens (including phenoxy) is 1. The summed E-state index contributed by atoms with van der Waals surface area (Å²) in [5.41, 5.74) is 3.95. The van der Waals surface area contributed by atoms with Gasteiger partial charge in [0.05, 0.1) is 0 Å². The zero-order valence-electron chi connectivity index (χ0n) is 13.7. The fraction of sp³-hybridized carbons (Fsp3) is 0.400. The predicted molar refractivity (Wildman–Crippen MR) is 94.1 cm³/mol. The molecule has 2 unspecified atom stereocenters. The second kappa shape index (κ2) is 6.25. The third kappa shape index (κ3) is 3.06. The van der Waals surface area contributed by atoms with Crippen LogP contribution in [0.4, 0.5) is 5.69 Å². The van der Waals surface area contributed by atoms with Crippen LogP contribution in [-0.4, -0.2) is 31.1 Å². The third-order valence-corrected chi connectivity index (χ3v) is 5.14. The standard InChI is InChI=1S/C20H24N2O/c1-22-11-9-18-17-8-7-16(13-20(17)21-19(18)10-12-22)23-14-15-5-3-2-4-6-15/h2-8,13,18-19,21H,9-12,14H2,1H3. The highest BCUT2D eigenvalue weighted by Crippen LogP contribution is 2.42. The smallest absolute Gasteiger partial charge is 0.121 e. The molecule has 2 aliphatic rings. The molecule has 0 aliphatic carbocycles. The number of rotatable bonds is 3. The summed E-state index contributed by atoms with van der Waals surface area (Å²) in [5, 5.41) is 3.73. The average Bonchev–Trinajstić information content (AvgIpc) is 2.83. The van der Waals surface area contributed by atoms with Gasteiger partial charge in [-0.05, 0) is 50.2 Å². The summed E-state index contributed by atoms with van der Waals surface area (Å²) in [5.74, 6) is 1.60. The van der Waals surface area contributed by atoms with Crippen LogP contribution in [-0.2, 0) is 6.61 Å². The first-order chi connectivity index (χ1) is 11.3. The highest BCUT2D eigenvalue weighted by molar-refractivity contribution is 5.62. The first-order valence-corrected chi connectivity index (χ1v) is 8.55. The minimum absolute atomic E-state index is 0.583. The Bertz CT molecular complexity index is 671. The van der Waals surface area contributed by atoms with Gasteiger partial charge in [0, 0.05) is 23.7 Å². The lowest BCUT2D eigenvalue weighted by atomic mass is 9.91. The van der Waals surface area contributed by atoms with Crippen LogP contribution in [0.3, 0.4) is 0 Å². The maximum Gasteiger partial charge on any atom is 0.121 e. The van der Waals surface area contributed by atoms with Gasteiger partial charge in [0.25, 0.3) is 0 Å². The summed E-state index contributed by atoms with van der Waals surface area (Å²) in [6.45, 7) is 2.99. The van der Waals surface area contributed by atoms with Crippen LogP contribution < -0.4 is 10.1 Å². The van der Waals surface area contributed by atoms with Gasteiger partial charge < -0.3 is 15.0 Å². The molecule has 2 heterocycles. The van der Waals surface area contributed by atoms with E-state index in [1.54, 1.807) is 0 Å². The van der Waals surface area contributed by atoms with E-state index in [0.717, 1.165) is 5.75 Å². The van der Waals surface area contributed by atoms with E-state index in [-0.39, 0.29) is 0 Å². The van der Waals surface area contributed by atoms with Crippen molar-refractivity contribution in [2.24, 2.45) is 0 Å². The number of hydrogen-bond acceptors (Lipinski definition) is 3. The molecule has 2 aromatic carbocycles. The first kappa shape index (κ1) is 14.6. The molecule has 0 radical (unpaired) electrons. The average molecular weight is 308 g/mol. The number of likely N-dealkylation sites (tertiary alicyclic amines) is 1. The fourth-order valence-electron chi connectivity index (χ4n) is 3.79. The quantitative estimate of drug-likeness (QED) is 0.931. The lowest BCUT2D eigenvalue weighted by Crippen LogP contribution is -2.22.